The number of nitrogens with one attached hydrogen (secondary N) is 1. The number of nitro groups is 1. The van der Waals surface area contributed by atoms with Gasteiger partial charge < -0.3 is 15.2 Å². The van der Waals surface area contributed by atoms with Gasteiger partial charge in [-0.1, -0.05) is 12.8 Å². The van der Waals surface area contributed by atoms with Crippen LogP contribution in [-0.4, -0.2) is 34.8 Å². The molecule has 0 unspecified atom stereocenters. The van der Waals surface area contributed by atoms with Crippen LogP contribution in [0.3, 0.4) is 0 Å². The normalized spacial score (nSPS) is 21.2. The van der Waals surface area contributed by atoms with Crippen molar-refractivity contribution in [3.05, 3.63) is 33.9 Å². The lowest BCUT2D eigenvalue weighted by Gasteiger charge is -2.29. The SMILES string of the molecule is CCOC(=O)c1cc(N[C@H]2CCCC[C@@H]2O)ccc1[N+](=O)[O-]. The standard InChI is InChI=1S/C15H20N2O5/c1-2-22-15(19)11-9-10(7-8-13(11)17(20)21)16-12-5-3-4-6-14(12)18/h7-9,12,14,16,18H,2-6H2,1H3/t12-,14-/m0/s1. The number of anilines is 1. The molecule has 2 rings (SSSR count). The summed E-state index contributed by atoms with van der Waals surface area (Å²) in [5, 5.41) is 24.1. The van der Waals surface area contributed by atoms with E-state index in [1.54, 1.807) is 13.0 Å². The van der Waals surface area contributed by atoms with Gasteiger partial charge in [0, 0.05) is 11.8 Å². The van der Waals surface area contributed by atoms with Crippen LogP contribution in [0.15, 0.2) is 18.2 Å². The Balaban J connectivity index is 2.24. The number of ether oxygens (including phenoxy) is 1. The van der Waals surface area contributed by atoms with Gasteiger partial charge >= 0.3 is 5.97 Å². The highest BCUT2D eigenvalue weighted by Crippen LogP contribution is 2.27. The third kappa shape index (κ3) is 3.73. The number of carbonyl (C=O) groups is 1. The highest BCUT2D eigenvalue weighted by atomic mass is 16.6. The lowest BCUT2D eigenvalue weighted by Crippen LogP contribution is -2.36. The molecule has 1 aromatic rings. The molecule has 2 atom stereocenters. The van der Waals surface area contributed by atoms with Gasteiger partial charge in [-0.3, -0.25) is 10.1 Å². The summed E-state index contributed by atoms with van der Waals surface area (Å²) in [6.45, 7) is 1.79. The molecule has 0 aromatic heterocycles. The van der Waals surface area contributed by atoms with E-state index in [4.69, 9.17) is 4.74 Å². The molecule has 0 saturated heterocycles. The van der Waals surface area contributed by atoms with Crippen LogP contribution >= 0.6 is 0 Å². The molecule has 120 valence electrons. The van der Waals surface area contributed by atoms with Gasteiger partial charge in [0.1, 0.15) is 5.56 Å². The van der Waals surface area contributed by atoms with Gasteiger partial charge in [0.05, 0.1) is 23.7 Å². The van der Waals surface area contributed by atoms with E-state index in [2.05, 4.69) is 5.32 Å². The fourth-order valence-electron chi connectivity index (χ4n) is 2.65. The van der Waals surface area contributed by atoms with Gasteiger partial charge in [-0.2, -0.15) is 0 Å². The zero-order valence-electron chi connectivity index (χ0n) is 12.4. The Labute approximate surface area is 128 Å². The Morgan fingerprint density at radius 1 is 1.45 bits per heavy atom. The van der Waals surface area contributed by atoms with Crippen LogP contribution in [0.4, 0.5) is 11.4 Å². The monoisotopic (exact) mass is 308 g/mol. The maximum atomic E-state index is 11.9. The van der Waals surface area contributed by atoms with Crippen molar-refractivity contribution in [3.63, 3.8) is 0 Å². The molecule has 0 radical (unpaired) electrons. The first-order valence-electron chi connectivity index (χ1n) is 7.43. The number of hydrogen-bond donors (Lipinski definition) is 2. The topological polar surface area (TPSA) is 102 Å². The summed E-state index contributed by atoms with van der Waals surface area (Å²) in [6, 6.07) is 4.13. The third-order valence-corrected chi connectivity index (χ3v) is 3.77. The molecule has 2 N–H and O–H groups in total. The second-order valence-electron chi connectivity index (χ2n) is 5.31. The van der Waals surface area contributed by atoms with E-state index < -0.39 is 17.0 Å². The van der Waals surface area contributed by atoms with E-state index >= 15 is 0 Å². The fraction of sp³-hybridized carbons (Fsp3) is 0.533. The average molecular weight is 308 g/mol. The number of hydrogen-bond acceptors (Lipinski definition) is 6. The molecule has 7 heteroatoms. The van der Waals surface area contributed by atoms with Gasteiger partial charge in [0.15, 0.2) is 0 Å². The highest BCUT2D eigenvalue weighted by Gasteiger charge is 2.25. The minimum Gasteiger partial charge on any atom is -0.462 e. The Hall–Kier alpha value is -2.15. The van der Waals surface area contributed by atoms with Crippen molar-refractivity contribution in [2.75, 3.05) is 11.9 Å². The number of aliphatic hydroxyl groups is 1. The third-order valence-electron chi connectivity index (χ3n) is 3.77. The first-order chi connectivity index (χ1) is 10.5. The van der Waals surface area contributed by atoms with Crippen molar-refractivity contribution in [1.29, 1.82) is 0 Å². The number of aliphatic hydroxyl groups excluding tert-OH is 1. The molecule has 1 aromatic carbocycles. The summed E-state index contributed by atoms with van der Waals surface area (Å²) in [4.78, 5) is 22.3. The maximum absolute atomic E-state index is 11.9. The zero-order chi connectivity index (χ0) is 16.1. The van der Waals surface area contributed by atoms with Crippen LogP contribution in [-0.2, 0) is 4.74 Å². The van der Waals surface area contributed by atoms with Crippen molar-refractivity contribution in [1.82, 2.24) is 0 Å². The number of benzene rings is 1. The molecule has 0 heterocycles. The van der Waals surface area contributed by atoms with Crippen molar-refractivity contribution in [3.8, 4) is 0 Å². The van der Waals surface area contributed by atoms with Crippen LogP contribution in [0, 0.1) is 10.1 Å². The Morgan fingerprint density at radius 3 is 2.82 bits per heavy atom. The number of carbonyl (C=O) groups excluding carboxylic acids is 1. The molecule has 0 spiro atoms. The van der Waals surface area contributed by atoms with Crippen molar-refractivity contribution in [2.24, 2.45) is 0 Å². The quantitative estimate of drug-likeness (QED) is 0.492. The van der Waals surface area contributed by atoms with Gasteiger partial charge in [-0.15, -0.1) is 0 Å². The fourth-order valence-corrected chi connectivity index (χ4v) is 2.65. The van der Waals surface area contributed by atoms with E-state index in [1.165, 1.54) is 12.1 Å². The molecular weight excluding hydrogens is 288 g/mol. The van der Waals surface area contributed by atoms with Crippen LogP contribution in [0.5, 0.6) is 0 Å². The Morgan fingerprint density at radius 2 is 2.18 bits per heavy atom. The largest absolute Gasteiger partial charge is 0.462 e. The Kier molecular flexibility index (Phi) is 5.32. The molecule has 1 saturated carbocycles. The van der Waals surface area contributed by atoms with Gasteiger partial charge in [-0.05, 0) is 31.9 Å². The second kappa shape index (κ2) is 7.22. The Bertz CT molecular complexity index is 561. The molecule has 0 amide bonds. The maximum Gasteiger partial charge on any atom is 0.345 e. The van der Waals surface area contributed by atoms with Crippen LogP contribution in [0.1, 0.15) is 43.0 Å². The summed E-state index contributed by atoms with van der Waals surface area (Å²) in [5.74, 6) is -0.720. The summed E-state index contributed by atoms with van der Waals surface area (Å²) in [7, 11) is 0. The van der Waals surface area contributed by atoms with E-state index in [0.29, 0.717) is 5.69 Å². The first-order valence-corrected chi connectivity index (χ1v) is 7.43. The van der Waals surface area contributed by atoms with Crippen molar-refractivity contribution >= 4 is 17.3 Å². The molecular formula is C15H20N2O5. The number of nitrogens with zero attached hydrogens (tertiary/aromatic N) is 1. The number of esters is 1. The summed E-state index contributed by atoms with van der Waals surface area (Å²) in [5.41, 5.74) is 0.204. The molecule has 0 bridgehead atoms. The minimum atomic E-state index is -0.720. The summed E-state index contributed by atoms with van der Waals surface area (Å²) in [6.07, 6.45) is 3.12. The zero-order valence-corrected chi connectivity index (χ0v) is 12.4. The second-order valence-corrected chi connectivity index (χ2v) is 5.31. The predicted molar refractivity (Wildman–Crippen MR) is 80.9 cm³/mol. The van der Waals surface area contributed by atoms with Gasteiger partial charge in [0.25, 0.3) is 5.69 Å². The van der Waals surface area contributed by atoms with Crippen molar-refractivity contribution < 1.29 is 19.6 Å². The minimum absolute atomic E-state index is 0.0813. The predicted octanol–water partition coefficient (Wildman–Crippen LogP) is 2.49. The van der Waals surface area contributed by atoms with Crippen LogP contribution < -0.4 is 5.32 Å². The summed E-state index contributed by atoms with van der Waals surface area (Å²) >= 11 is 0. The summed E-state index contributed by atoms with van der Waals surface area (Å²) < 4.78 is 4.86. The molecule has 1 fully saturated rings. The molecule has 22 heavy (non-hydrogen) atoms. The highest BCUT2D eigenvalue weighted by molar-refractivity contribution is 5.95. The average Bonchev–Trinajstić information content (AvgIpc) is 2.49. The van der Waals surface area contributed by atoms with E-state index in [9.17, 15) is 20.0 Å². The molecule has 7 nitrogen and oxygen atoms in total. The van der Waals surface area contributed by atoms with Crippen LogP contribution in [0.25, 0.3) is 0 Å². The first kappa shape index (κ1) is 16.2. The lowest BCUT2D eigenvalue weighted by molar-refractivity contribution is -0.385. The lowest BCUT2D eigenvalue weighted by atomic mass is 9.92. The van der Waals surface area contributed by atoms with E-state index in [0.717, 1.165) is 25.7 Å². The van der Waals surface area contributed by atoms with E-state index in [1.807, 2.05) is 0 Å². The number of rotatable bonds is 5. The molecule has 0 aliphatic heterocycles. The number of nitro benzene ring substituents is 1. The smallest absolute Gasteiger partial charge is 0.345 e. The van der Waals surface area contributed by atoms with E-state index in [-0.39, 0.29) is 23.9 Å². The molecule has 1 aliphatic rings. The van der Waals surface area contributed by atoms with Gasteiger partial charge in [0.2, 0.25) is 0 Å². The van der Waals surface area contributed by atoms with Gasteiger partial charge in [-0.25, -0.2) is 4.79 Å². The molecule has 1 aliphatic carbocycles. The van der Waals surface area contributed by atoms with Crippen LogP contribution in [0.2, 0.25) is 0 Å². The van der Waals surface area contributed by atoms with Crippen molar-refractivity contribution in [2.45, 2.75) is 44.8 Å².